The summed E-state index contributed by atoms with van der Waals surface area (Å²) >= 11 is 0. The van der Waals surface area contributed by atoms with Crippen LogP contribution < -0.4 is 14.8 Å². The fourth-order valence-corrected chi connectivity index (χ4v) is 6.02. The van der Waals surface area contributed by atoms with Gasteiger partial charge in [-0.05, 0) is 68.1 Å². The van der Waals surface area contributed by atoms with Crippen molar-refractivity contribution < 1.29 is 17.9 Å². The first kappa shape index (κ1) is 26.1. The number of carbonyl (C=O) groups excluding carboxylic acids is 1. The molecule has 7 heteroatoms. The van der Waals surface area contributed by atoms with Crippen molar-refractivity contribution in [3.8, 4) is 11.5 Å². The fourth-order valence-electron chi connectivity index (χ4n) is 4.37. The molecule has 2 N–H and O–H groups in total. The molecule has 4 aromatic rings. The van der Waals surface area contributed by atoms with Crippen molar-refractivity contribution in [2.24, 2.45) is 0 Å². The van der Waals surface area contributed by atoms with Gasteiger partial charge >= 0.3 is 0 Å². The van der Waals surface area contributed by atoms with E-state index in [0.717, 1.165) is 11.1 Å². The van der Waals surface area contributed by atoms with Crippen LogP contribution in [0.2, 0.25) is 0 Å². The van der Waals surface area contributed by atoms with Crippen molar-refractivity contribution in [1.29, 1.82) is 0 Å². The molecule has 1 atom stereocenters. The van der Waals surface area contributed by atoms with E-state index in [0.29, 0.717) is 28.3 Å². The standard InChI is InChI=1S/C30H30N2O4S/c1-21-18-22(2)29(23(3)19-21)37(34,35)32-27(20-24-12-6-4-7-13-24)30(33)31-26-16-10-11-17-28(26)36-25-14-8-5-9-15-25/h4-19,27,32H,20H2,1-3H3,(H,31,33). The molecule has 0 heterocycles. The topological polar surface area (TPSA) is 84.5 Å². The highest BCUT2D eigenvalue weighted by atomic mass is 32.2. The zero-order valence-corrected chi connectivity index (χ0v) is 21.9. The minimum absolute atomic E-state index is 0.178. The summed E-state index contributed by atoms with van der Waals surface area (Å²) in [6.07, 6.45) is 0.178. The minimum Gasteiger partial charge on any atom is -0.455 e. The van der Waals surface area contributed by atoms with E-state index in [1.165, 1.54) is 0 Å². The highest BCUT2D eigenvalue weighted by molar-refractivity contribution is 7.89. The molecule has 0 saturated carbocycles. The minimum atomic E-state index is -4.00. The Hall–Kier alpha value is -3.94. The van der Waals surface area contributed by atoms with Crippen LogP contribution in [0.5, 0.6) is 11.5 Å². The summed E-state index contributed by atoms with van der Waals surface area (Å²) in [5.74, 6) is 0.587. The van der Waals surface area contributed by atoms with E-state index in [2.05, 4.69) is 10.0 Å². The van der Waals surface area contributed by atoms with Crippen LogP contribution in [0.4, 0.5) is 5.69 Å². The Morgan fingerprint density at radius 2 is 1.38 bits per heavy atom. The van der Waals surface area contributed by atoms with Crippen molar-refractivity contribution >= 4 is 21.6 Å². The number of carbonyl (C=O) groups is 1. The monoisotopic (exact) mass is 514 g/mol. The lowest BCUT2D eigenvalue weighted by molar-refractivity contribution is -0.117. The van der Waals surface area contributed by atoms with Crippen LogP contribution in [0.3, 0.4) is 0 Å². The molecule has 0 aliphatic rings. The van der Waals surface area contributed by atoms with E-state index >= 15 is 0 Å². The van der Waals surface area contributed by atoms with Gasteiger partial charge in [0, 0.05) is 0 Å². The summed E-state index contributed by atoms with van der Waals surface area (Å²) in [7, 11) is -4.00. The molecule has 0 aromatic heterocycles. The van der Waals surface area contributed by atoms with Crippen LogP contribution in [0, 0.1) is 20.8 Å². The van der Waals surface area contributed by atoms with Gasteiger partial charge in [-0.15, -0.1) is 0 Å². The van der Waals surface area contributed by atoms with Crippen molar-refractivity contribution in [3.05, 3.63) is 119 Å². The molecule has 6 nitrogen and oxygen atoms in total. The quantitative estimate of drug-likeness (QED) is 0.290. The van der Waals surface area contributed by atoms with Crippen molar-refractivity contribution in [3.63, 3.8) is 0 Å². The lowest BCUT2D eigenvalue weighted by Gasteiger charge is -2.21. The molecule has 0 radical (unpaired) electrons. The summed E-state index contributed by atoms with van der Waals surface area (Å²) in [5.41, 5.74) is 3.51. The Kier molecular flexibility index (Phi) is 8.06. The number of aryl methyl sites for hydroxylation is 3. The number of anilines is 1. The molecule has 4 aromatic carbocycles. The summed E-state index contributed by atoms with van der Waals surface area (Å²) in [6.45, 7) is 5.44. The Bertz CT molecular complexity index is 1460. The van der Waals surface area contributed by atoms with Gasteiger partial charge in [-0.3, -0.25) is 4.79 Å². The van der Waals surface area contributed by atoms with Gasteiger partial charge < -0.3 is 10.1 Å². The first-order valence-corrected chi connectivity index (χ1v) is 13.5. The average Bonchev–Trinajstić information content (AvgIpc) is 2.85. The van der Waals surface area contributed by atoms with Crippen LogP contribution in [-0.4, -0.2) is 20.4 Å². The Morgan fingerprint density at radius 3 is 2.03 bits per heavy atom. The molecule has 0 saturated heterocycles. The molecule has 0 aliphatic heterocycles. The third-order valence-corrected chi connectivity index (χ3v) is 7.66. The second-order valence-corrected chi connectivity index (χ2v) is 10.6. The third kappa shape index (κ3) is 6.64. The van der Waals surface area contributed by atoms with Gasteiger partial charge in [0.1, 0.15) is 11.8 Å². The number of para-hydroxylation sites is 3. The SMILES string of the molecule is Cc1cc(C)c(S(=O)(=O)NC(Cc2ccccc2)C(=O)Nc2ccccc2Oc2ccccc2)c(C)c1. The maximum absolute atomic E-state index is 13.6. The number of hydrogen-bond donors (Lipinski definition) is 2. The molecule has 0 spiro atoms. The lowest BCUT2D eigenvalue weighted by atomic mass is 10.1. The van der Waals surface area contributed by atoms with Crippen LogP contribution in [0.15, 0.2) is 102 Å². The predicted octanol–water partition coefficient (Wildman–Crippen LogP) is 5.93. The van der Waals surface area contributed by atoms with E-state index in [-0.39, 0.29) is 11.3 Å². The fraction of sp³-hybridized carbons (Fsp3) is 0.167. The van der Waals surface area contributed by atoms with Crippen LogP contribution in [0.1, 0.15) is 22.3 Å². The molecule has 190 valence electrons. The normalized spacial score (nSPS) is 12.1. The average molecular weight is 515 g/mol. The van der Waals surface area contributed by atoms with Gasteiger partial charge in [-0.1, -0.05) is 78.4 Å². The summed E-state index contributed by atoms with van der Waals surface area (Å²) in [6, 6.07) is 28.2. The van der Waals surface area contributed by atoms with E-state index < -0.39 is 22.0 Å². The van der Waals surface area contributed by atoms with Crippen molar-refractivity contribution in [2.45, 2.75) is 38.1 Å². The largest absolute Gasteiger partial charge is 0.455 e. The number of amides is 1. The number of hydrogen-bond acceptors (Lipinski definition) is 4. The van der Waals surface area contributed by atoms with E-state index in [9.17, 15) is 13.2 Å². The Balaban J connectivity index is 1.64. The van der Waals surface area contributed by atoms with Gasteiger partial charge in [0.15, 0.2) is 5.75 Å². The molecular formula is C30H30N2O4S. The van der Waals surface area contributed by atoms with Crippen molar-refractivity contribution in [1.82, 2.24) is 4.72 Å². The highest BCUT2D eigenvalue weighted by Crippen LogP contribution is 2.29. The highest BCUT2D eigenvalue weighted by Gasteiger charge is 2.29. The maximum atomic E-state index is 13.6. The number of ether oxygens (including phenoxy) is 1. The first-order chi connectivity index (χ1) is 17.7. The number of rotatable bonds is 9. The lowest BCUT2D eigenvalue weighted by Crippen LogP contribution is -2.45. The second kappa shape index (κ2) is 11.4. The second-order valence-electron chi connectivity index (χ2n) is 8.99. The molecular weight excluding hydrogens is 484 g/mol. The third-order valence-electron chi connectivity index (χ3n) is 5.89. The molecule has 0 bridgehead atoms. The maximum Gasteiger partial charge on any atom is 0.243 e. The molecule has 1 amide bonds. The van der Waals surface area contributed by atoms with Crippen LogP contribution in [0.25, 0.3) is 0 Å². The zero-order chi connectivity index (χ0) is 26.4. The molecule has 0 fully saturated rings. The summed E-state index contributed by atoms with van der Waals surface area (Å²) in [4.78, 5) is 13.8. The summed E-state index contributed by atoms with van der Waals surface area (Å²) in [5, 5.41) is 2.87. The van der Waals surface area contributed by atoms with Gasteiger partial charge in [-0.2, -0.15) is 4.72 Å². The molecule has 37 heavy (non-hydrogen) atoms. The predicted molar refractivity (Wildman–Crippen MR) is 146 cm³/mol. The summed E-state index contributed by atoms with van der Waals surface area (Å²) < 4.78 is 35.7. The Labute approximate surface area is 218 Å². The zero-order valence-electron chi connectivity index (χ0n) is 21.1. The molecule has 1 unspecified atom stereocenters. The number of nitrogens with one attached hydrogen (secondary N) is 2. The Morgan fingerprint density at radius 1 is 0.811 bits per heavy atom. The van der Waals surface area contributed by atoms with Gasteiger partial charge in [0.25, 0.3) is 0 Å². The van der Waals surface area contributed by atoms with Gasteiger partial charge in [0.2, 0.25) is 15.9 Å². The van der Waals surface area contributed by atoms with E-state index in [4.69, 9.17) is 4.74 Å². The van der Waals surface area contributed by atoms with Crippen molar-refractivity contribution in [2.75, 3.05) is 5.32 Å². The molecule has 0 aliphatic carbocycles. The molecule has 4 rings (SSSR count). The smallest absolute Gasteiger partial charge is 0.243 e. The van der Waals surface area contributed by atoms with Gasteiger partial charge in [-0.25, -0.2) is 8.42 Å². The number of benzene rings is 4. The van der Waals surface area contributed by atoms with Crippen LogP contribution in [-0.2, 0) is 21.2 Å². The van der Waals surface area contributed by atoms with E-state index in [1.54, 1.807) is 38.1 Å². The van der Waals surface area contributed by atoms with E-state index in [1.807, 2.05) is 79.7 Å². The first-order valence-electron chi connectivity index (χ1n) is 12.0. The van der Waals surface area contributed by atoms with Crippen LogP contribution >= 0.6 is 0 Å². The number of sulfonamides is 1. The van der Waals surface area contributed by atoms with Gasteiger partial charge in [0.05, 0.1) is 10.6 Å².